The second-order valence-corrected chi connectivity index (χ2v) is 4.08. The maximum absolute atomic E-state index is 11.9. The molecule has 0 aromatic carbocycles. The van der Waals surface area contributed by atoms with Gasteiger partial charge in [-0.15, -0.1) is 0 Å². The van der Waals surface area contributed by atoms with Crippen molar-refractivity contribution in [1.29, 1.82) is 0 Å². The highest BCUT2D eigenvalue weighted by atomic mass is 16.5. The molecule has 0 aliphatic carbocycles. The number of ether oxygens (including phenoxy) is 1. The second kappa shape index (κ2) is 7.52. The van der Waals surface area contributed by atoms with E-state index in [0.29, 0.717) is 13.2 Å². The molecule has 1 unspecified atom stereocenters. The fraction of sp³-hybridized carbons (Fsp3) is 0.583. The van der Waals surface area contributed by atoms with Crippen molar-refractivity contribution in [2.45, 2.75) is 19.4 Å². The Bertz CT molecular complexity index is 380. The zero-order valence-corrected chi connectivity index (χ0v) is 10.8. The van der Waals surface area contributed by atoms with Crippen LogP contribution in [0.5, 0.6) is 0 Å². The molecule has 7 heteroatoms. The van der Waals surface area contributed by atoms with Crippen LogP contribution in [0.2, 0.25) is 0 Å². The molecular weight excluding hydrogens is 252 g/mol. The standard InChI is InChI=1S/C12H18N2O5/c1-2-5-13-12(18)9-8-19-7-6-14(9)10(15)3-4-11(16)17/h3-4,9H,2,5-8H2,1H3,(H,13,18)(H,16,17)/b4-3+. The van der Waals surface area contributed by atoms with Gasteiger partial charge in [0.25, 0.3) is 0 Å². The summed E-state index contributed by atoms with van der Waals surface area (Å²) in [6, 6.07) is -0.703. The molecule has 0 spiro atoms. The van der Waals surface area contributed by atoms with Crippen molar-refractivity contribution in [1.82, 2.24) is 10.2 Å². The lowest BCUT2D eigenvalue weighted by Crippen LogP contribution is -2.55. The Kier molecular flexibility index (Phi) is 6.01. The van der Waals surface area contributed by atoms with Gasteiger partial charge in [-0.25, -0.2) is 4.79 Å². The van der Waals surface area contributed by atoms with Crippen LogP contribution in [0.15, 0.2) is 12.2 Å². The normalized spacial score (nSPS) is 19.4. The van der Waals surface area contributed by atoms with Crippen LogP contribution in [-0.4, -0.2) is 60.1 Å². The van der Waals surface area contributed by atoms with Gasteiger partial charge in [0, 0.05) is 25.2 Å². The van der Waals surface area contributed by atoms with Crippen molar-refractivity contribution >= 4 is 17.8 Å². The van der Waals surface area contributed by atoms with Crippen molar-refractivity contribution in [3.05, 3.63) is 12.2 Å². The summed E-state index contributed by atoms with van der Waals surface area (Å²) in [5.41, 5.74) is 0. The van der Waals surface area contributed by atoms with Crippen molar-refractivity contribution in [3.8, 4) is 0 Å². The number of morpholine rings is 1. The molecule has 1 aliphatic heterocycles. The lowest BCUT2D eigenvalue weighted by atomic mass is 10.2. The molecule has 0 bridgehead atoms. The van der Waals surface area contributed by atoms with Gasteiger partial charge in [-0.05, 0) is 6.42 Å². The maximum Gasteiger partial charge on any atom is 0.328 e. The molecule has 0 radical (unpaired) electrons. The zero-order chi connectivity index (χ0) is 14.3. The summed E-state index contributed by atoms with van der Waals surface area (Å²) in [6.07, 6.45) is 2.51. The lowest BCUT2D eigenvalue weighted by Gasteiger charge is -2.33. The number of aliphatic carboxylic acids is 1. The number of hydrogen-bond donors (Lipinski definition) is 2. The quantitative estimate of drug-likeness (QED) is 0.649. The summed E-state index contributed by atoms with van der Waals surface area (Å²) in [5.74, 6) is -1.98. The van der Waals surface area contributed by atoms with Gasteiger partial charge < -0.3 is 20.1 Å². The molecule has 1 fully saturated rings. The molecule has 1 heterocycles. The van der Waals surface area contributed by atoms with E-state index in [4.69, 9.17) is 9.84 Å². The molecule has 2 N–H and O–H groups in total. The number of hydrogen-bond acceptors (Lipinski definition) is 4. The molecule has 106 valence electrons. The second-order valence-electron chi connectivity index (χ2n) is 4.08. The van der Waals surface area contributed by atoms with Gasteiger partial charge >= 0.3 is 5.97 Å². The van der Waals surface area contributed by atoms with E-state index in [1.165, 1.54) is 4.90 Å². The molecule has 7 nitrogen and oxygen atoms in total. The van der Waals surface area contributed by atoms with Crippen molar-refractivity contribution in [2.24, 2.45) is 0 Å². The minimum atomic E-state index is -1.20. The Hall–Kier alpha value is -1.89. The molecular formula is C12H18N2O5. The average Bonchev–Trinajstić information content (AvgIpc) is 2.42. The molecule has 1 aliphatic rings. The molecule has 0 saturated carbocycles. The highest BCUT2D eigenvalue weighted by Gasteiger charge is 2.31. The number of nitrogens with one attached hydrogen (secondary N) is 1. The first kappa shape index (κ1) is 15.2. The van der Waals surface area contributed by atoms with Gasteiger partial charge in [-0.2, -0.15) is 0 Å². The molecule has 2 amide bonds. The van der Waals surface area contributed by atoms with Crippen molar-refractivity contribution in [2.75, 3.05) is 26.3 Å². The molecule has 0 aromatic heterocycles. The Morgan fingerprint density at radius 1 is 1.42 bits per heavy atom. The van der Waals surface area contributed by atoms with Crippen LogP contribution >= 0.6 is 0 Å². The minimum Gasteiger partial charge on any atom is -0.478 e. The SMILES string of the molecule is CCCNC(=O)C1COCCN1C(=O)/C=C/C(=O)O. The van der Waals surface area contributed by atoms with E-state index in [1.54, 1.807) is 0 Å². The maximum atomic E-state index is 11.9. The fourth-order valence-corrected chi connectivity index (χ4v) is 1.69. The third kappa shape index (κ3) is 4.70. The largest absolute Gasteiger partial charge is 0.478 e. The highest BCUT2D eigenvalue weighted by Crippen LogP contribution is 2.08. The summed E-state index contributed by atoms with van der Waals surface area (Å²) in [6.45, 7) is 3.19. The Balaban J connectivity index is 2.68. The number of rotatable bonds is 5. The van der Waals surface area contributed by atoms with E-state index in [1.807, 2.05) is 6.92 Å². The molecule has 1 atom stereocenters. The first-order valence-electron chi connectivity index (χ1n) is 6.13. The van der Waals surface area contributed by atoms with E-state index >= 15 is 0 Å². The first-order chi connectivity index (χ1) is 9.06. The average molecular weight is 270 g/mol. The third-order valence-corrected chi connectivity index (χ3v) is 2.63. The van der Waals surface area contributed by atoms with Crippen LogP contribution in [0.1, 0.15) is 13.3 Å². The van der Waals surface area contributed by atoms with Crippen LogP contribution in [0, 0.1) is 0 Å². The Labute approximate surface area is 111 Å². The molecule has 19 heavy (non-hydrogen) atoms. The first-order valence-corrected chi connectivity index (χ1v) is 6.13. The Morgan fingerprint density at radius 3 is 2.79 bits per heavy atom. The monoisotopic (exact) mass is 270 g/mol. The predicted molar refractivity (Wildman–Crippen MR) is 66.4 cm³/mol. The van der Waals surface area contributed by atoms with E-state index in [-0.39, 0.29) is 19.1 Å². The van der Waals surface area contributed by atoms with Crippen LogP contribution in [0.3, 0.4) is 0 Å². The van der Waals surface area contributed by atoms with E-state index in [2.05, 4.69) is 5.32 Å². The van der Waals surface area contributed by atoms with Crippen LogP contribution < -0.4 is 5.32 Å². The van der Waals surface area contributed by atoms with Crippen molar-refractivity contribution < 1.29 is 24.2 Å². The number of carbonyl (C=O) groups is 3. The van der Waals surface area contributed by atoms with Gasteiger partial charge in [0.05, 0.1) is 13.2 Å². The van der Waals surface area contributed by atoms with Crippen LogP contribution in [0.4, 0.5) is 0 Å². The number of carbonyl (C=O) groups excluding carboxylic acids is 2. The summed E-state index contributed by atoms with van der Waals surface area (Å²) in [4.78, 5) is 35.4. The lowest BCUT2D eigenvalue weighted by molar-refractivity contribution is -0.145. The topological polar surface area (TPSA) is 95.9 Å². The highest BCUT2D eigenvalue weighted by molar-refractivity contribution is 5.96. The van der Waals surface area contributed by atoms with Crippen molar-refractivity contribution in [3.63, 3.8) is 0 Å². The zero-order valence-electron chi connectivity index (χ0n) is 10.8. The summed E-state index contributed by atoms with van der Waals surface area (Å²) < 4.78 is 5.19. The Morgan fingerprint density at radius 2 is 2.16 bits per heavy atom. The van der Waals surface area contributed by atoms with E-state index < -0.39 is 17.9 Å². The molecule has 0 aromatic rings. The van der Waals surface area contributed by atoms with Crippen LogP contribution in [0.25, 0.3) is 0 Å². The van der Waals surface area contributed by atoms with Gasteiger partial charge in [0.15, 0.2) is 0 Å². The van der Waals surface area contributed by atoms with Gasteiger partial charge in [-0.3, -0.25) is 9.59 Å². The third-order valence-electron chi connectivity index (χ3n) is 2.63. The smallest absolute Gasteiger partial charge is 0.328 e. The summed E-state index contributed by atoms with van der Waals surface area (Å²) >= 11 is 0. The number of nitrogens with zero attached hydrogens (tertiary/aromatic N) is 1. The fourth-order valence-electron chi connectivity index (χ4n) is 1.69. The van der Waals surface area contributed by atoms with Gasteiger partial charge in [-0.1, -0.05) is 6.92 Å². The minimum absolute atomic E-state index is 0.127. The number of carboxylic acid groups (broad SMARTS) is 1. The van der Waals surface area contributed by atoms with Crippen LogP contribution in [-0.2, 0) is 19.1 Å². The predicted octanol–water partition coefficient (Wildman–Crippen LogP) is -0.619. The van der Waals surface area contributed by atoms with E-state index in [9.17, 15) is 14.4 Å². The number of amides is 2. The molecule has 1 rings (SSSR count). The number of carboxylic acids is 1. The summed E-state index contributed by atoms with van der Waals surface area (Å²) in [7, 11) is 0. The molecule has 1 saturated heterocycles. The summed E-state index contributed by atoms with van der Waals surface area (Å²) in [5, 5.41) is 11.2. The van der Waals surface area contributed by atoms with Gasteiger partial charge in [0.2, 0.25) is 11.8 Å². The van der Waals surface area contributed by atoms with E-state index in [0.717, 1.165) is 18.6 Å². The van der Waals surface area contributed by atoms with Gasteiger partial charge in [0.1, 0.15) is 6.04 Å².